The highest BCUT2D eigenvalue weighted by molar-refractivity contribution is 6.81. The Bertz CT molecular complexity index is 1570. The molecule has 0 amide bonds. The largest absolute Gasteiger partial charge is 0.0722 e. The number of hydrogen-bond donors (Lipinski definition) is 0. The van der Waals surface area contributed by atoms with E-state index in [1.807, 2.05) is 0 Å². The molecule has 0 nitrogen and oxygen atoms in total. The molecule has 220 valence electrons. The fraction of sp³-hybridized carbons (Fsp3) is 0.333. The maximum atomic E-state index is 2.64. The van der Waals surface area contributed by atoms with E-state index < -0.39 is 8.07 Å². The maximum Gasteiger partial charge on any atom is 0.0722 e. The molecular weight excluding hydrogens is 533 g/mol. The molecule has 43 heavy (non-hydrogen) atoms. The van der Waals surface area contributed by atoms with Crippen molar-refractivity contribution >= 4 is 20.2 Å². The fourth-order valence-corrected chi connectivity index (χ4v) is 13.2. The molecule has 2 aliphatic rings. The summed E-state index contributed by atoms with van der Waals surface area (Å²) in [7, 11) is -1.91. The molecule has 0 heterocycles. The first kappa shape index (κ1) is 29.6. The molecule has 0 aromatic heterocycles. The third-order valence-electron chi connectivity index (χ3n) is 10.9. The lowest BCUT2D eigenvalue weighted by Gasteiger charge is -2.39. The zero-order chi connectivity index (χ0) is 30.5. The average molecular weight is 581 g/mol. The lowest BCUT2D eigenvalue weighted by atomic mass is 9.93. The highest BCUT2D eigenvalue weighted by Crippen LogP contribution is 2.54. The topological polar surface area (TPSA) is 0 Å². The van der Waals surface area contributed by atoms with E-state index in [0.717, 1.165) is 0 Å². The van der Waals surface area contributed by atoms with Crippen LogP contribution in [0.15, 0.2) is 96.1 Å². The van der Waals surface area contributed by atoms with Gasteiger partial charge >= 0.3 is 0 Å². The zero-order valence-corrected chi connectivity index (χ0v) is 28.5. The molecule has 4 aromatic rings. The van der Waals surface area contributed by atoms with Gasteiger partial charge in [0, 0.05) is 11.1 Å². The van der Waals surface area contributed by atoms with Crippen LogP contribution in [-0.2, 0) is 0 Å². The van der Waals surface area contributed by atoms with Crippen molar-refractivity contribution in [3.05, 3.63) is 129 Å². The molecular formula is C42H48Si. The monoisotopic (exact) mass is 580 g/mol. The summed E-state index contributed by atoms with van der Waals surface area (Å²) in [6, 6.07) is 32.8. The molecule has 4 unspecified atom stereocenters. The number of rotatable bonds is 8. The first-order valence-corrected chi connectivity index (χ1v) is 19.6. The highest BCUT2D eigenvalue weighted by Gasteiger charge is 2.47. The molecule has 0 radical (unpaired) electrons. The summed E-state index contributed by atoms with van der Waals surface area (Å²) in [5.41, 5.74) is 18.3. The summed E-state index contributed by atoms with van der Waals surface area (Å²) in [6.45, 7) is 19.2. The minimum absolute atomic E-state index is 0.500. The van der Waals surface area contributed by atoms with E-state index in [1.54, 1.807) is 0 Å². The van der Waals surface area contributed by atoms with Crippen molar-refractivity contribution in [2.24, 2.45) is 0 Å². The molecule has 6 rings (SSSR count). The second-order valence-corrected chi connectivity index (χ2v) is 18.7. The molecule has 1 heteroatoms. The normalized spacial score (nSPS) is 19.0. The van der Waals surface area contributed by atoms with Crippen LogP contribution < -0.4 is 0 Å². The van der Waals surface area contributed by atoms with Crippen LogP contribution in [0.25, 0.3) is 34.4 Å². The number of allylic oxidation sites excluding steroid dienone is 2. The summed E-state index contributed by atoms with van der Waals surface area (Å²) in [5, 5.41) is 0. The van der Waals surface area contributed by atoms with Gasteiger partial charge in [-0.25, -0.2) is 0 Å². The SMILES string of the molecule is CCC(C)c1ccc(-c2cccc3c2C=C(C)C3[Si](C)(C)C2C(C)=Cc3c(-c4ccc(C(C)CC)cc4)cccc32)cc1. The molecule has 0 saturated heterocycles. The second kappa shape index (κ2) is 11.6. The van der Waals surface area contributed by atoms with Gasteiger partial charge in [-0.2, -0.15) is 0 Å². The molecule has 0 N–H and O–H groups in total. The van der Waals surface area contributed by atoms with Crippen LogP contribution in [0, 0.1) is 0 Å². The van der Waals surface area contributed by atoms with Crippen LogP contribution in [0.3, 0.4) is 0 Å². The van der Waals surface area contributed by atoms with Crippen LogP contribution in [0.4, 0.5) is 0 Å². The predicted molar refractivity (Wildman–Crippen MR) is 191 cm³/mol. The minimum Gasteiger partial charge on any atom is -0.0679 e. The average Bonchev–Trinajstić information content (AvgIpc) is 3.56. The zero-order valence-electron chi connectivity index (χ0n) is 27.5. The van der Waals surface area contributed by atoms with Gasteiger partial charge in [-0.05, 0) is 94.2 Å². The van der Waals surface area contributed by atoms with Gasteiger partial charge in [0.2, 0.25) is 0 Å². The van der Waals surface area contributed by atoms with Crippen molar-refractivity contribution < 1.29 is 0 Å². The molecule has 4 atom stereocenters. The third kappa shape index (κ3) is 5.10. The molecule has 0 fully saturated rings. The van der Waals surface area contributed by atoms with Crippen molar-refractivity contribution in [3.8, 4) is 22.3 Å². The summed E-state index contributed by atoms with van der Waals surface area (Å²) < 4.78 is 0. The van der Waals surface area contributed by atoms with Crippen molar-refractivity contribution in [1.82, 2.24) is 0 Å². The molecule has 0 aliphatic heterocycles. The third-order valence-corrected chi connectivity index (χ3v) is 15.4. The van der Waals surface area contributed by atoms with Gasteiger partial charge in [-0.1, -0.05) is 149 Å². The van der Waals surface area contributed by atoms with Crippen LogP contribution in [-0.4, -0.2) is 8.07 Å². The van der Waals surface area contributed by atoms with Gasteiger partial charge in [0.25, 0.3) is 0 Å². The highest BCUT2D eigenvalue weighted by atomic mass is 28.3. The smallest absolute Gasteiger partial charge is 0.0679 e. The first-order valence-electron chi connectivity index (χ1n) is 16.5. The first-order chi connectivity index (χ1) is 20.6. The van der Waals surface area contributed by atoms with Crippen molar-refractivity contribution in [3.63, 3.8) is 0 Å². The van der Waals surface area contributed by atoms with E-state index in [4.69, 9.17) is 0 Å². The Kier molecular flexibility index (Phi) is 7.98. The standard InChI is InChI=1S/C42H48Si/c1-9-27(3)31-17-21-33(22-18-31)35-13-11-15-37-39(35)25-29(5)41(37)43(7,8)42-30(6)26-40-36(14-12-16-38(40)42)34-23-19-32(20-24-34)28(4)10-2/h11-28,41-42H,9-10H2,1-8H3. The number of fused-ring (bicyclic) bond motifs is 2. The minimum atomic E-state index is -1.91. The van der Waals surface area contributed by atoms with Crippen LogP contribution in [0.1, 0.15) is 111 Å². The van der Waals surface area contributed by atoms with Gasteiger partial charge in [0.15, 0.2) is 0 Å². The fourth-order valence-electron chi connectivity index (χ4n) is 8.20. The van der Waals surface area contributed by atoms with Gasteiger partial charge in [0.05, 0.1) is 8.07 Å². The Morgan fingerprint density at radius 2 is 0.930 bits per heavy atom. The summed E-state index contributed by atoms with van der Waals surface area (Å²) >= 11 is 0. The Labute approximate surface area is 261 Å². The molecule has 0 spiro atoms. The van der Waals surface area contributed by atoms with Gasteiger partial charge in [-0.15, -0.1) is 0 Å². The van der Waals surface area contributed by atoms with Crippen LogP contribution >= 0.6 is 0 Å². The van der Waals surface area contributed by atoms with Gasteiger partial charge in [-0.3, -0.25) is 0 Å². The Morgan fingerprint density at radius 1 is 0.558 bits per heavy atom. The van der Waals surface area contributed by atoms with Crippen molar-refractivity contribution in [1.29, 1.82) is 0 Å². The Balaban J connectivity index is 1.37. The summed E-state index contributed by atoms with van der Waals surface area (Å²) in [4.78, 5) is 0. The maximum absolute atomic E-state index is 2.64. The number of benzene rings is 4. The van der Waals surface area contributed by atoms with E-state index in [0.29, 0.717) is 22.9 Å². The summed E-state index contributed by atoms with van der Waals surface area (Å²) in [6.07, 6.45) is 7.37. The van der Waals surface area contributed by atoms with E-state index >= 15 is 0 Å². The second-order valence-electron chi connectivity index (χ2n) is 13.9. The lowest BCUT2D eigenvalue weighted by Crippen LogP contribution is -2.42. The molecule has 0 saturated carbocycles. The van der Waals surface area contributed by atoms with Crippen LogP contribution in [0.5, 0.6) is 0 Å². The Hall–Kier alpha value is -3.42. The van der Waals surface area contributed by atoms with E-state index in [-0.39, 0.29) is 0 Å². The van der Waals surface area contributed by atoms with Crippen molar-refractivity contribution in [2.75, 3.05) is 0 Å². The van der Waals surface area contributed by atoms with E-state index in [2.05, 4.69) is 152 Å². The van der Waals surface area contributed by atoms with E-state index in [9.17, 15) is 0 Å². The quantitative estimate of drug-likeness (QED) is 0.182. The van der Waals surface area contributed by atoms with Gasteiger partial charge in [0.1, 0.15) is 0 Å². The molecule has 2 aliphatic carbocycles. The summed E-state index contributed by atoms with van der Waals surface area (Å²) in [5.74, 6) is 1.20. The molecule has 4 aromatic carbocycles. The predicted octanol–water partition coefficient (Wildman–Crippen LogP) is 12.5. The van der Waals surface area contributed by atoms with Crippen LogP contribution in [0.2, 0.25) is 13.1 Å². The molecule has 0 bridgehead atoms. The number of hydrogen-bond acceptors (Lipinski definition) is 0. The van der Waals surface area contributed by atoms with Gasteiger partial charge < -0.3 is 0 Å². The lowest BCUT2D eigenvalue weighted by molar-refractivity contribution is 0.734. The van der Waals surface area contributed by atoms with E-state index in [1.165, 1.54) is 79.6 Å². The van der Waals surface area contributed by atoms with Crippen molar-refractivity contribution in [2.45, 2.75) is 90.4 Å². The Morgan fingerprint density at radius 3 is 1.28 bits per heavy atom.